The van der Waals surface area contributed by atoms with Gasteiger partial charge in [0.25, 0.3) is 0 Å². The first-order valence-corrected chi connectivity index (χ1v) is 7.68. The molecule has 1 aliphatic rings. The molecule has 0 aromatic heterocycles. The van der Waals surface area contributed by atoms with Gasteiger partial charge in [0.1, 0.15) is 13.2 Å². The normalized spacial score (nSPS) is 13.8. The van der Waals surface area contributed by atoms with Crippen LogP contribution in [0.4, 0.5) is 0 Å². The van der Waals surface area contributed by atoms with Crippen LogP contribution in [-0.4, -0.2) is 36.6 Å². The molecule has 0 unspecified atom stereocenters. The minimum Gasteiger partial charge on any atom is -0.504 e. The molecule has 0 aliphatic carbocycles. The van der Waals surface area contributed by atoms with Gasteiger partial charge in [-0.05, 0) is 30.9 Å². The summed E-state index contributed by atoms with van der Waals surface area (Å²) in [5.41, 5.74) is 0.556. The highest BCUT2D eigenvalue weighted by Gasteiger charge is 2.24. The van der Waals surface area contributed by atoms with Crippen molar-refractivity contribution < 1.29 is 24.4 Å². The number of aliphatic hydroxyl groups excluding tert-OH is 2. The summed E-state index contributed by atoms with van der Waals surface area (Å²) in [4.78, 5) is 0. The van der Waals surface area contributed by atoms with Gasteiger partial charge in [0.15, 0.2) is 23.0 Å². The quantitative estimate of drug-likeness (QED) is 0.722. The second kappa shape index (κ2) is 7.94. The molecular formula is C17H24O5. The number of aliphatic hydroxyl groups is 2. The molecule has 1 aromatic carbocycles. The van der Waals surface area contributed by atoms with Gasteiger partial charge in [-0.2, -0.15) is 0 Å². The van der Waals surface area contributed by atoms with Crippen LogP contribution in [0.5, 0.6) is 11.5 Å². The zero-order valence-corrected chi connectivity index (χ0v) is 13.2. The van der Waals surface area contributed by atoms with E-state index >= 15 is 0 Å². The average molecular weight is 308 g/mol. The van der Waals surface area contributed by atoms with Crippen molar-refractivity contribution >= 4 is 5.76 Å². The molecule has 2 N–H and O–H groups in total. The third kappa shape index (κ3) is 4.07. The molecule has 1 aromatic rings. The van der Waals surface area contributed by atoms with E-state index in [0.717, 1.165) is 12.8 Å². The molecule has 0 saturated heterocycles. The Kier molecular flexibility index (Phi) is 5.95. The molecule has 0 bridgehead atoms. The molecule has 122 valence electrons. The van der Waals surface area contributed by atoms with Crippen LogP contribution < -0.4 is 9.47 Å². The van der Waals surface area contributed by atoms with Gasteiger partial charge in [-0.25, -0.2) is 0 Å². The Hall–Kier alpha value is -1.88. The minimum absolute atomic E-state index is 0.0737. The molecular weight excluding hydrogens is 284 g/mol. The lowest BCUT2D eigenvalue weighted by molar-refractivity contribution is 0.147. The predicted molar refractivity (Wildman–Crippen MR) is 84.1 cm³/mol. The summed E-state index contributed by atoms with van der Waals surface area (Å²) in [6.07, 6.45) is 2.03. The first kappa shape index (κ1) is 16.5. The van der Waals surface area contributed by atoms with E-state index in [0.29, 0.717) is 35.3 Å². The van der Waals surface area contributed by atoms with Crippen LogP contribution >= 0.6 is 0 Å². The summed E-state index contributed by atoms with van der Waals surface area (Å²) >= 11 is 0. The number of ether oxygens (including phenoxy) is 3. The van der Waals surface area contributed by atoms with Crippen molar-refractivity contribution in [3.05, 3.63) is 29.5 Å². The average Bonchev–Trinajstić information content (AvgIpc) is 2.51. The topological polar surface area (TPSA) is 68.2 Å². The molecule has 0 atom stereocenters. The van der Waals surface area contributed by atoms with Crippen molar-refractivity contribution in [2.75, 3.05) is 26.4 Å². The van der Waals surface area contributed by atoms with Gasteiger partial charge >= 0.3 is 0 Å². The van der Waals surface area contributed by atoms with E-state index in [9.17, 15) is 5.11 Å². The standard InChI is InChI=1S/C17H24O5/c1-12(2)5-4-9-20-15-11-22-17-13(16(15)19)6-3-7-14(17)21-10-8-18/h3,6-7,12,18-19H,4-5,8-11H2,1-2H3. The number of benzene rings is 1. The zero-order valence-electron chi connectivity index (χ0n) is 13.2. The van der Waals surface area contributed by atoms with Crippen molar-refractivity contribution in [1.82, 2.24) is 0 Å². The predicted octanol–water partition coefficient (Wildman–Crippen LogP) is 3.13. The summed E-state index contributed by atoms with van der Waals surface area (Å²) < 4.78 is 16.7. The third-order valence-corrected chi connectivity index (χ3v) is 3.40. The van der Waals surface area contributed by atoms with E-state index in [-0.39, 0.29) is 25.6 Å². The monoisotopic (exact) mass is 308 g/mol. The van der Waals surface area contributed by atoms with Crippen LogP contribution in [0.1, 0.15) is 32.3 Å². The Balaban J connectivity index is 2.06. The van der Waals surface area contributed by atoms with Gasteiger partial charge in [-0.3, -0.25) is 0 Å². The number of fused-ring (bicyclic) bond motifs is 1. The van der Waals surface area contributed by atoms with Crippen molar-refractivity contribution in [2.45, 2.75) is 26.7 Å². The maximum atomic E-state index is 10.3. The molecule has 5 heteroatoms. The van der Waals surface area contributed by atoms with E-state index in [1.54, 1.807) is 18.2 Å². The fraction of sp³-hybridized carbons (Fsp3) is 0.529. The molecule has 2 rings (SSSR count). The van der Waals surface area contributed by atoms with Gasteiger partial charge in [0.2, 0.25) is 0 Å². The maximum absolute atomic E-state index is 10.3. The second-order valence-corrected chi connectivity index (χ2v) is 5.65. The van der Waals surface area contributed by atoms with Crippen LogP contribution in [0.25, 0.3) is 5.76 Å². The Labute approximate surface area is 131 Å². The molecule has 0 spiro atoms. The van der Waals surface area contributed by atoms with E-state index in [1.165, 1.54) is 0 Å². The molecule has 0 saturated carbocycles. The van der Waals surface area contributed by atoms with Crippen LogP contribution in [0.3, 0.4) is 0 Å². The van der Waals surface area contributed by atoms with Crippen molar-refractivity contribution in [3.8, 4) is 11.5 Å². The van der Waals surface area contributed by atoms with Gasteiger partial charge in [0.05, 0.1) is 18.8 Å². The van der Waals surface area contributed by atoms with Crippen LogP contribution in [0, 0.1) is 5.92 Å². The first-order valence-electron chi connectivity index (χ1n) is 7.68. The maximum Gasteiger partial charge on any atom is 0.176 e. The molecule has 1 aliphatic heterocycles. The fourth-order valence-electron chi connectivity index (χ4n) is 2.27. The van der Waals surface area contributed by atoms with Gasteiger partial charge < -0.3 is 24.4 Å². The van der Waals surface area contributed by atoms with E-state index in [2.05, 4.69) is 13.8 Å². The van der Waals surface area contributed by atoms with Crippen molar-refractivity contribution in [1.29, 1.82) is 0 Å². The largest absolute Gasteiger partial charge is 0.504 e. The number of hydrogen-bond acceptors (Lipinski definition) is 5. The van der Waals surface area contributed by atoms with E-state index in [4.69, 9.17) is 19.3 Å². The summed E-state index contributed by atoms with van der Waals surface area (Å²) in [7, 11) is 0. The minimum atomic E-state index is -0.0737. The third-order valence-electron chi connectivity index (χ3n) is 3.40. The van der Waals surface area contributed by atoms with Crippen LogP contribution in [0.15, 0.2) is 24.0 Å². The second-order valence-electron chi connectivity index (χ2n) is 5.65. The summed E-state index contributed by atoms with van der Waals surface area (Å²) in [5.74, 6) is 2.19. The van der Waals surface area contributed by atoms with Crippen LogP contribution in [0.2, 0.25) is 0 Å². The highest BCUT2D eigenvalue weighted by Crippen LogP contribution is 2.39. The van der Waals surface area contributed by atoms with E-state index in [1.807, 2.05) is 0 Å². The van der Waals surface area contributed by atoms with Gasteiger partial charge in [0, 0.05) is 0 Å². The number of hydrogen-bond donors (Lipinski definition) is 2. The number of rotatable bonds is 8. The summed E-state index contributed by atoms with van der Waals surface area (Å²) in [6, 6.07) is 5.27. The Bertz CT molecular complexity index is 522. The first-order chi connectivity index (χ1) is 10.6. The van der Waals surface area contributed by atoms with Crippen LogP contribution in [-0.2, 0) is 4.74 Å². The summed E-state index contributed by atoms with van der Waals surface area (Å²) in [5, 5.41) is 19.2. The lowest BCUT2D eigenvalue weighted by atomic mass is 10.1. The summed E-state index contributed by atoms with van der Waals surface area (Å²) in [6.45, 7) is 5.20. The Morgan fingerprint density at radius 1 is 1.23 bits per heavy atom. The number of para-hydroxylation sites is 1. The molecule has 22 heavy (non-hydrogen) atoms. The lowest BCUT2D eigenvalue weighted by Crippen LogP contribution is -2.15. The zero-order chi connectivity index (χ0) is 15.9. The molecule has 0 amide bonds. The molecule has 5 nitrogen and oxygen atoms in total. The van der Waals surface area contributed by atoms with Crippen molar-refractivity contribution in [3.63, 3.8) is 0 Å². The Morgan fingerprint density at radius 3 is 2.77 bits per heavy atom. The highest BCUT2D eigenvalue weighted by atomic mass is 16.6. The SMILES string of the molecule is CC(C)CCCOC1=C(O)c2cccc(OCCO)c2OC1. The van der Waals surface area contributed by atoms with E-state index < -0.39 is 0 Å². The smallest absolute Gasteiger partial charge is 0.176 e. The molecule has 0 fully saturated rings. The fourth-order valence-corrected chi connectivity index (χ4v) is 2.27. The lowest BCUT2D eigenvalue weighted by Gasteiger charge is -2.23. The van der Waals surface area contributed by atoms with Gasteiger partial charge in [-0.1, -0.05) is 19.9 Å². The molecule has 1 heterocycles. The van der Waals surface area contributed by atoms with Gasteiger partial charge in [-0.15, -0.1) is 0 Å². The highest BCUT2D eigenvalue weighted by molar-refractivity contribution is 5.71. The van der Waals surface area contributed by atoms with Crippen molar-refractivity contribution in [2.24, 2.45) is 5.92 Å². The molecule has 0 radical (unpaired) electrons. The Morgan fingerprint density at radius 2 is 2.05 bits per heavy atom.